The van der Waals surface area contributed by atoms with Crippen LogP contribution in [-0.4, -0.2) is 26.5 Å². The summed E-state index contributed by atoms with van der Waals surface area (Å²) in [6.07, 6.45) is 4.06. The van der Waals surface area contributed by atoms with E-state index in [-0.39, 0.29) is 12.0 Å². The minimum atomic E-state index is 0.263. The molecular weight excluding hydrogens is 242 g/mol. The predicted molar refractivity (Wildman–Crippen MR) is 70.9 cm³/mol. The third-order valence-corrected chi connectivity index (χ3v) is 3.62. The van der Waals surface area contributed by atoms with Gasteiger partial charge in [-0.2, -0.15) is 5.10 Å². The van der Waals surface area contributed by atoms with E-state index in [1.165, 1.54) is 5.69 Å². The number of rotatable bonds is 3. The molecule has 1 unspecified atom stereocenters. The first kappa shape index (κ1) is 12.2. The topological polar surface area (TPSA) is 60.0 Å². The largest absolute Gasteiger partial charge is 0.408 e. The Balaban J connectivity index is 1.88. The van der Waals surface area contributed by atoms with E-state index in [9.17, 15) is 0 Å². The van der Waals surface area contributed by atoms with Gasteiger partial charge in [0.05, 0.1) is 11.7 Å². The van der Waals surface area contributed by atoms with Crippen molar-refractivity contribution in [3.05, 3.63) is 23.8 Å². The molecule has 1 aliphatic rings. The summed E-state index contributed by atoms with van der Waals surface area (Å²) in [6.45, 7) is 5.06. The molecule has 1 fully saturated rings. The van der Waals surface area contributed by atoms with Crippen LogP contribution < -0.4 is 4.90 Å². The lowest BCUT2D eigenvalue weighted by Crippen LogP contribution is -2.24. The van der Waals surface area contributed by atoms with Crippen LogP contribution in [0.1, 0.15) is 50.2 Å². The smallest absolute Gasteiger partial charge is 0.318 e. The van der Waals surface area contributed by atoms with Gasteiger partial charge in [0.1, 0.15) is 0 Å². The number of aryl methyl sites for hydroxylation is 1. The van der Waals surface area contributed by atoms with Gasteiger partial charge in [0.15, 0.2) is 0 Å². The van der Waals surface area contributed by atoms with Crippen molar-refractivity contribution in [2.24, 2.45) is 7.05 Å². The molecule has 3 rings (SSSR count). The predicted octanol–water partition coefficient (Wildman–Crippen LogP) is 2.27. The molecule has 6 nitrogen and oxygen atoms in total. The van der Waals surface area contributed by atoms with Gasteiger partial charge in [-0.15, -0.1) is 5.10 Å². The molecule has 1 aliphatic heterocycles. The first-order valence-corrected chi connectivity index (χ1v) is 6.74. The van der Waals surface area contributed by atoms with Crippen molar-refractivity contribution in [3.63, 3.8) is 0 Å². The number of hydrogen-bond acceptors (Lipinski definition) is 5. The number of nitrogens with zero attached hydrogens (tertiary/aromatic N) is 5. The van der Waals surface area contributed by atoms with Gasteiger partial charge < -0.3 is 9.32 Å². The van der Waals surface area contributed by atoms with Crippen LogP contribution in [0.25, 0.3) is 0 Å². The fourth-order valence-electron chi connectivity index (χ4n) is 2.59. The molecule has 0 N–H and O–H groups in total. The van der Waals surface area contributed by atoms with E-state index in [0.717, 1.165) is 19.4 Å². The zero-order valence-electron chi connectivity index (χ0n) is 11.6. The van der Waals surface area contributed by atoms with Crippen LogP contribution in [0.15, 0.2) is 16.7 Å². The highest BCUT2D eigenvalue weighted by atomic mass is 16.4. The summed E-state index contributed by atoms with van der Waals surface area (Å²) in [5, 5.41) is 12.6. The van der Waals surface area contributed by atoms with E-state index in [4.69, 9.17) is 4.42 Å². The van der Waals surface area contributed by atoms with E-state index < -0.39 is 0 Å². The summed E-state index contributed by atoms with van der Waals surface area (Å²) < 4.78 is 7.69. The van der Waals surface area contributed by atoms with Crippen molar-refractivity contribution in [2.45, 2.75) is 38.6 Å². The van der Waals surface area contributed by atoms with Gasteiger partial charge in [0.2, 0.25) is 5.89 Å². The molecule has 3 heterocycles. The summed E-state index contributed by atoms with van der Waals surface area (Å²) in [5.74, 6) is 0.963. The fourth-order valence-corrected chi connectivity index (χ4v) is 2.59. The third kappa shape index (κ3) is 2.11. The lowest BCUT2D eigenvalue weighted by Gasteiger charge is -2.22. The molecule has 2 aromatic rings. The summed E-state index contributed by atoms with van der Waals surface area (Å²) in [4.78, 5) is 2.19. The van der Waals surface area contributed by atoms with Crippen LogP contribution in [0.2, 0.25) is 0 Å². The molecule has 0 aromatic carbocycles. The summed E-state index contributed by atoms with van der Waals surface area (Å²) >= 11 is 0. The molecule has 0 radical (unpaired) electrons. The van der Waals surface area contributed by atoms with Crippen molar-refractivity contribution in [2.75, 3.05) is 11.4 Å². The Hall–Kier alpha value is -1.85. The molecule has 0 spiro atoms. The second-order valence-electron chi connectivity index (χ2n) is 5.31. The van der Waals surface area contributed by atoms with Crippen LogP contribution in [-0.2, 0) is 7.05 Å². The fraction of sp³-hybridized carbons (Fsp3) is 0.615. The Morgan fingerprint density at radius 2 is 2.21 bits per heavy atom. The number of aromatic nitrogens is 4. The van der Waals surface area contributed by atoms with E-state index >= 15 is 0 Å². The van der Waals surface area contributed by atoms with Gasteiger partial charge in [0, 0.05) is 25.7 Å². The molecule has 0 amide bonds. The first-order chi connectivity index (χ1) is 9.16. The summed E-state index contributed by atoms with van der Waals surface area (Å²) in [5.41, 5.74) is 1.20. The zero-order chi connectivity index (χ0) is 13.4. The van der Waals surface area contributed by atoms with Crippen LogP contribution in [0.5, 0.6) is 0 Å². The van der Waals surface area contributed by atoms with Crippen molar-refractivity contribution in [3.8, 4) is 0 Å². The Bertz CT molecular complexity index is 559. The average molecular weight is 261 g/mol. The van der Waals surface area contributed by atoms with Crippen molar-refractivity contribution in [1.82, 2.24) is 20.0 Å². The zero-order valence-corrected chi connectivity index (χ0v) is 11.6. The molecule has 0 aliphatic carbocycles. The molecule has 102 valence electrons. The molecule has 2 aromatic heterocycles. The maximum atomic E-state index is 5.77. The lowest BCUT2D eigenvalue weighted by atomic mass is 10.1. The van der Waals surface area contributed by atoms with Crippen molar-refractivity contribution in [1.29, 1.82) is 0 Å². The summed E-state index contributed by atoms with van der Waals surface area (Å²) in [7, 11) is 1.97. The van der Waals surface area contributed by atoms with E-state index in [2.05, 4.69) is 40.1 Å². The van der Waals surface area contributed by atoms with Gasteiger partial charge in [-0.1, -0.05) is 18.9 Å². The van der Waals surface area contributed by atoms with Crippen LogP contribution in [0, 0.1) is 0 Å². The second kappa shape index (κ2) is 4.68. The highest BCUT2D eigenvalue weighted by molar-refractivity contribution is 5.33. The monoisotopic (exact) mass is 261 g/mol. The van der Waals surface area contributed by atoms with Crippen LogP contribution in [0.3, 0.4) is 0 Å². The van der Waals surface area contributed by atoms with Crippen LogP contribution >= 0.6 is 0 Å². The van der Waals surface area contributed by atoms with Gasteiger partial charge in [0.25, 0.3) is 0 Å². The minimum absolute atomic E-state index is 0.263. The van der Waals surface area contributed by atoms with Crippen molar-refractivity contribution >= 4 is 6.01 Å². The number of anilines is 1. The van der Waals surface area contributed by atoms with Gasteiger partial charge >= 0.3 is 6.01 Å². The maximum Gasteiger partial charge on any atom is 0.318 e. The second-order valence-corrected chi connectivity index (χ2v) is 5.31. The molecule has 19 heavy (non-hydrogen) atoms. The molecule has 6 heteroatoms. The molecular formula is C13H19N5O. The van der Waals surface area contributed by atoms with Gasteiger partial charge in [-0.3, -0.25) is 4.68 Å². The molecule has 1 saturated heterocycles. The Labute approximate surface area is 112 Å². The standard InChI is InChI=1S/C13H19N5O/c1-9(2)12-15-16-13(19-12)18-8-4-5-11(18)10-6-7-14-17(10)3/h6-7,9,11H,4-5,8H2,1-3H3. The first-order valence-electron chi connectivity index (χ1n) is 6.74. The normalized spacial score (nSPS) is 19.6. The highest BCUT2D eigenvalue weighted by Gasteiger charge is 2.31. The molecule has 0 bridgehead atoms. The highest BCUT2D eigenvalue weighted by Crippen LogP contribution is 2.35. The number of hydrogen-bond donors (Lipinski definition) is 0. The Morgan fingerprint density at radius 1 is 1.37 bits per heavy atom. The SMILES string of the molecule is CC(C)c1nnc(N2CCCC2c2ccnn2C)o1. The quantitative estimate of drug-likeness (QED) is 0.848. The van der Waals surface area contributed by atoms with E-state index in [1.807, 2.05) is 17.9 Å². The van der Waals surface area contributed by atoms with E-state index in [1.54, 1.807) is 0 Å². The van der Waals surface area contributed by atoms with E-state index in [0.29, 0.717) is 11.9 Å². The minimum Gasteiger partial charge on any atom is -0.408 e. The van der Waals surface area contributed by atoms with Crippen LogP contribution in [0.4, 0.5) is 6.01 Å². The van der Waals surface area contributed by atoms with Gasteiger partial charge in [-0.05, 0) is 18.9 Å². The third-order valence-electron chi connectivity index (χ3n) is 3.62. The lowest BCUT2D eigenvalue weighted by molar-refractivity contribution is 0.456. The maximum absolute atomic E-state index is 5.77. The average Bonchev–Trinajstić information content (AvgIpc) is 3.06. The van der Waals surface area contributed by atoms with Gasteiger partial charge in [-0.25, -0.2) is 0 Å². The molecule has 0 saturated carbocycles. The Morgan fingerprint density at radius 3 is 2.84 bits per heavy atom. The summed E-state index contributed by atoms with van der Waals surface area (Å²) in [6, 6.07) is 2.98. The van der Waals surface area contributed by atoms with Crippen molar-refractivity contribution < 1.29 is 4.42 Å². The molecule has 1 atom stereocenters. The Kier molecular flexibility index (Phi) is 3.00.